The zero-order valence-corrected chi connectivity index (χ0v) is 14.4. The lowest BCUT2D eigenvalue weighted by molar-refractivity contribution is -0.126. The van der Waals surface area contributed by atoms with Crippen molar-refractivity contribution in [1.82, 2.24) is 10.0 Å². The maximum absolute atomic E-state index is 13.4. The number of amides is 2. The van der Waals surface area contributed by atoms with E-state index in [1.54, 1.807) is 12.1 Å². The normalized spacial score (nSPS) is 28.1. The smallest absolute Gasteiger partial charge is 0.253 e. The molecule has 3 saturated heterocycles. The van der Waals surface area contributed by atoms with Gasteiger partial charge in [-0.25, -0.2) is 23.7 Å². The van der Waals surface area contributed by atoms with Crippen molar-refractivity contribution in [3.8, 4) is 0 Å². The van der Waals surface area contributed by atoms with E-state index in [2.05, 4.69) is 5.01 Å². The maximum atomic E-state index is 13.4. The SMILES string of the molecule is O=C1[C@H]2[C@H](C(=O)N1c1ccc(F)cc1)N1CCCN1[C@H]2c1ccc(F)cc1. The minimum Gasteiger partial charge on any atom is -0.274 e. The molecule has 0 spiro atoms. The number of hydrazine groups is 1. The summed E-state index contributed by atoms with van der Waals surface area (Å²) < 4.78 is 26.6. The van der Waals surface area contributed by atoms with Crippen LogP contribution in [0.5, 0.6) is 0 Å². The van der Waals surface area contributed by atoms with E-state index >= 15 is 0 Å². The van der Waals surface area contributed by atoms with Crippen molar-refractivity contribution in [3.63, 3.8) is 0 Å². The highest BCUT2D eigenvalue weighted by Crippen LogP contribution is 2.48. The number of carbonyl (C=O) groups excluding carboxylic acids is 2. The summed E-state index contributed by atoms with van der Waals surface area (Å²) in [7, 11) is 0. The molecule has 5 rings (SSSR count). The van der Waals surface area contributed by atoms with Crippen molar-refractivity contribution in [3.05, 3.63) is 65.7 Å². The van der Waals surface area contributed by atoms with Crippen LogP contribution in [0, 0.1) is 17.6 Å². The third-order valence-corrected chi connectivity index (χ3v) is 5.70. The van der Waals surface area contributed by atoms with Crippen molar-refractivity contribution in [2.75, 3.05) is 18.0 Å². The van der Waals surface area contributed by atoms with Gasteiger partial charge < -0.3 is 0 Å². The Morgan fingerprint density at radius 2 is 1.30 bits per heavy atom. The van der Waals surface area contributed by atoms with Gasteiger partial charge in [-0.15, -0.1) is 0 Å². The number of imide groups is 1. The second-order valence-corrected chi connectivity index (χ2v) is 7.14. The lowest BCUT2D eigenvalue weighted by Crippen LogP contribution is -2.44. The molecule has 3 aliphatic rings. The third kappa shape index (κ3) is 2.35. The van der Waals surface area contributed by atoms with E-state index < -0.39 is 17.8 Å². The Bertz CT molecular complexity index is 916. The molecule has 0 N–H and O–H groups in total. The average molecular weight is 369 g/mol. The molecule has 138 valence electrons. The highest BCUT2D eigenvalue weighted by atomic mass is 19.1. The van der Waals surface area contributed by atoms with Gasteiger partial charge in [0.15, 0.2) is 0 Å². The second kappa shape index (κ2) is 5.94. The quantitative estimate of drug-likeness (QED) is 0.763. The molecule has 0 bridgehead atoms. The average Bonchev–Trinajstić information content (AvgIpc) is 3.30. The number of hydrogen-bond acceptors (Lipinski definition) is 4. The maximum Gasteiger partial charge on any atom is 0.253 e. The molecule has 5 nitrogen and oxygen atoms in total. The first-order valence-corrected chi connectivity index (χ1v) is 8.98. The van der Waals surface area contributed by atoms with Crippen LogP contribution in [-0.4, -0.2) is 41.0 Å². The van der Waals surface area contributed by atoms with Crippen LogP contribution in [0.15, 0.2) is 48.5 Å². The van der Waals surface area contributed by atoms with Gasteiger partial charge >= 0.3 is 0 Å². The number of anilines is 1. The van der Waals surface area contributed by atoms with Gasteiger partial charge in [-0.3, -0.25) is 9.59 Å². The number of nitrogens with zero attached hydrogens (tertiary/aromatic N) is 3. The fraction of sp³-hybridized carbons (Fsp3) is 0.300. The van der Waals surface area contributed by atoms with Crippen LogP contribution in [0.2, 0.25) is 0 Å². The van der Waals surface area contributed by atoms with Crippen molar-refractivity contribution in [2.45, 2.75) is 18.5 Å². The summed E-state index contributed by atoms with van der Waals surface area (Å²) >= 11 is 0. The zero-order chi connectivity index (χ0) is 18.7. The monoisotopic (exact) mass is 369 g/mol. The van der Waals surface area contributed by atoms with Crippen LogP contribution in [0.25, 0.3) is 0 Å². The summed E-state index contributed by atoms with van der Waals surface area (Å²) in [6, 6.07) is 10.6. The predicted octanol–water partition coefficient (Wildman–Crippen LogP) is 2.50. The largest absolute Gasteiger partial charge is 0.274 e. The predicted molar refractivity (Wildman–Crippen MR) is 93.3 cm³/mol. The first kappa shape index (κ1) is 16.5. The molecular weight excluding hydrogens is 352 g/mol. The number of benzene rings is 2. The summed E-state index contributed by atoms with van der Waals surface area (Å²) in [5, 5.41) is 4.04. The number of carbonyl (C=O) groups is 2. The Morgan fingerprint density at radius 1 is 0.741 bits per heavy atom. The van der Waals surface area contributed by atoms with Crippen molar-refractivity contribution >= 4 is 17.5 Å². The molecule has 3 aliphatic heterocycles. The van der Waals surface area contributed by atoms with Crippen molar-refractivity contribution in [1.29, 1.82) is 0 Å². The third-order valence-electron chi connectivity index (χ3n) is 5.70. The molecule has 7 heteroatoms. The summed E-state index contributed by atoms with van der Waals surface area (Å²) in [5.74, 6) is -1.90. The first-order valence-electron chi connectivity index (χ1n) is 8.98. The minimum absolute atomic E-state index is 0.284. The van der Waals surface area contributed by atoms with Crippen molar-refractivity contribution < 1.29 is 18.4 Å². The Kier molecular flexibility index (Phi) is 3.63. The van der Waals surface area contributed by atoms with Crippen LogP contribution in [0.3, 0.4) is 0 Å². The first-order chi connectivity index (χ1) is 13.1. The molecule has 2 aromatic rings. The van der Waals surface area contributed by atoms with E-state index in [4.69, 9.17) is 0 Å². The molecule has 3 fully saturated rings. The van der Waals surface area contributed by atoms with Gasteiger partial charge in [0, 0.05) is 13.1 Å². The van der Waals surface area contributed by atoms with E-state index in [0.717, 1.165) is 18.5 Å². The van der Waals surface area contributed by atoms with Crippen molar-refractivity contribution in [2.24, 2.45) is 5.92 Å². The van der Waals surface area contributed by atoms with Crippen LogP contribution < -0.4 is 4.90 Å². The van der Waals surface area contributed by atoms with E-state index in [1.807, 2.05) is 5.01 Å². The van der Waals surface area contributed by atoms with Gasteiger partial charge in [0.2, 0.25) is 5.91 Å². The Hall–Kier alpha value is -2.64. The Labute approximate surface area is 154 Å². The minimum atomic E-state index is -0.569. The van der Waals surface area contributed by atoms with Gasteiger partial charge in [0.05, 0.1) is 17.6 Å². The van der Waals surface area contributed by atoms with E-state index in [9.17, 15) is 18.4 Å². The fourth-order valence-corrected chi connectivity index (χ4v) is 4.62. The molecule has 0 saturated carbocycles. The van der Waals surface area contributed by atoms with Gasteiger partial charge in [-0.1, -0.05) is 12.1 Å². The summed E-state index contributed by atoms with van der Waals surface area (Å²) in [4.78, 5) is 27.6. The molecule has 0 unspecified atom stereocenters. The topological polar surface area (TPSA) is 43.9 Å². The standard InChI is InChI=1S/C20H17F2N3O2/c21-13-4-2-12(3-5-13)17-16-18(24-11-1-10-23(17)24)20(27)25(19(16)26)15-8-6-14(22)7-9-15/h2-9,16-18H,1,10-11H2/t16-,17+,18-/m1/s1. The molecule has 3 heterocycles. The van der Waals surface area contributed by atoms with Gasteiger partial charge in [-0.2, -0.15) is 0 Å². The van der Waals surface area contributed by atoms with Gasteiger partial charge in [0.25, 0.3) is 5.91 Å². The molecule has 0 radical (unpaired) electrons. The van der Waals surface area contributed by atoms with Crippen LogP contribution in [0.4, 0.5) is 14.5 Å². The van der Waals surface area contributed by atoms with Crippen LogP contribution in [0.1, 0.15) is 18.0 Å². The van der Waals surface area contributed by atoms with E-state index in [1.165, 1.54) is 41.3 Å². The van der Waals surface area contributed by atoms with Gasteiger partial charge in [-0.05, 0) is 48.4 Å². The molecule has 2 aromatic carbocycles. The van der Waals surface area contributed by atoms with E-state index in [0.29, 0.717) is 12.2 Å². The molecule has 27 heavy (non-hydrogen) atoms. The van der Waals surface area contributed by atoms with Crippen LogP contribution >= 0.6 is 0 Å². The molecule has 3 atom stereocenters. The lowest BCUT2D eigenvalue weighted by atomic mass is 9.90. The Balaban J connectivity index is 1.57. The summed E-state index contributed by atoms with van der Waals surface area (Å²) in [6.07, 6.45) is 0.902. The summed E-state index contributed by atoms with van der Waals surface area (Å²) in [5.41, 5.74) is 1.20. The van der Waals surface area contributed by atoms with Gasteiger partial charge in [0.1, 0.15) is 17.7 Å². The molecule has 2 amide bonds. The fourth-order valence-electron chi connectivity index (χ4n) is 4.62. The summed E-state index contributed by atoms with van der Waals surface area (Å²) in [6.45, 7) is 1.46. The lowest BCUT2D eigenvalue weighted by Gasteiger charge is -2.29. The highest BCUT2D eigenvalue weighted by Gasteiger charge is 2.62. The molecular formula is C20H17F2N3O2. The second-order valence-electron chi connectivity index (χ2n) is 7.14. The number of hydrogen-bond donors (Lipinski definition) is 0. The van der Waals surface area contributed by atoms with E-state index in [-0.39, 0.29) is 23.7 Å². The highest BCUT2D eigenvalue weighted by molar-refractivity contribution is 6.24. The number of halogens is 2. The molecule has 0 aliphatic carbocycles. The molecule has 0 aromatic heterocycles. The zero-order valence-electron chi connectivity index (χ0n) is 14.4. The van der Waals surface area contributed by atoms with Crippen LogP contribution in [-0.2, 0) is 9.59 Å². The number of rotatable bonds is 2. The number of fused-ring (bicyclic) bond motifs is 3. The Morgan fingerprint density at radius 3 is 1.93 bits per heavy atom.